The van der Waals surface area contributed by atoms with Crippen LogP contribution in [0.5, 0.6) is 0 Å². The smallest absolute Gasteiger partial charge is 0.245 e. The van der Waals surface area contributed by atoms with Crippen LogP contribution in [0.2, 0.25) is 0 Å². The maximum absolute atomic E-state index is 8.28. The van der Waals surface area contributed by atoms with Crippen molar-refractivity contribution in [2.24, 2.45) is 0 Å². The fraction of sp³-hybridized carbons (Fsp3) is 0. The monoisotopic (exact) mass is 368 g/mol. The summed E-state index contributed by atoms with van der Waals surface area (Å²) < 4.78 is 8.28. The molecule has 0 aliphatic carbocycles. The first kappa shape index (κ1) is 26.6. The van der Waals surface area contributed by atoms with Crippen molar-refractivity contribution in [3.63, 3.8) is 0 Å². The van der Waals surface area contributed by atoms with E-state index in [9.17, 15) is 0 Å². The molecule has 0 spiro atoms. The van der Waals surface area contributed by atoms with Gasteiger partial charge in [0.15, 0.2) is 0 Å². The number of hydrogen-bond donors (Lipinski definition) is 0. The van der Waals surface area contributed by atoms with Gasteiger partial charge in [-0.1, -0.05) is 0 Å². The van der Waals surface area contributed by atoms with Gasteiger partial charge in [-0.3, -0.25) is 0 Å². The van der Waals surface area contributed by atoms with Gasteiger partial charge in [0.2, 0.25) is 10.1 Å². The SMILES string of the molecule is O=[SiH2].[Ti].[W].[Zr]. The van der Waals surface area contributed by atoms with Gasteiger partial charge >= 0.3 is 0 Å². The second-order valence-corrected chi connectivity index (χ2v) is 0. The van der Waals surface area contributed by atoms with Crippen LogP contribution >= 0.6 is 0 Å². The van der Waals surface area contributed by atoms with E-state index in [1.54, 1.807) is 0 Å². The summed E-state index contributed by atoms with van der Waals surface area (Å²) in [5.74, 6) is 0. The second kappa shape index (κ2) is 33.4. The van der Waals surface area contributed by atoms with Crippen molar-refractivity contribution in [1.29, 1.82) is 0 Å². The molecule has 0 fully saturated rings. The van der Waals surface area contributed by atoms with Gasteiger partial charge in [-0.05, 0) is 0 Å². The average molecular weight is 369 g/mol. The maximum atomic E-state index is 8.28. The van der Waals surface area contributed by atoms with Crippen LogP contribution in [0.15, 0.2) is 0 Å². The second-order valence-electron chi connectivity index (χ2n) is 0. The molecule has 0 aliphatic rings. The van der Waals surface area contributed by atoms with Crippen LogP contribution in [-0.2, 0) is 73.4 Å². The van der Waals surface area contributed by atoms with Crippen LogP contribution in [-0.4, -0.2) is 10.1 Å². The molecular weight excluding hydrogens is 367 g/mol. The molecule has 0 aromatic carbocycles. The van der Waals surface area contributed by atoms with E-state index in [1.165, 1.54) is 0 Å². The summed E-state index contributed by atoms with van der Waals surface area (Å²) in [5, 5.41) is 0. The topological polar surface area (TPSA) is 17.1 Å². The number of rotatable bonds is 0. The normalized spacial score (nSPS) is 0.800. The fourth-order valence-corrected chi connectivity index (χ4v) is 0. The minimum absolute atomic E-state index is 0. The number of hydrogen-bond acceptors (Lipinski definition) is 1. The van der Waals surface area contributed by atoms with E-state index in [-0.39, 0.29) is 69.0 Å². The van der Waals surface area contributed by atoms with E-state index in [4.69, 9.17) is 4.46 Å². The van der Waals surface area contributed by atoms with E-state index in [0.29, 0.717) is 10.1 Å². The summed E-state index contributed by atoms with van der Waals surface area (Å²) in [5.41, 5.74) is 0. The van der Waals surface area contributed by atoms with Crippen molar-refractivity contribution >= 4 is 10.1 Å². The Labute approximate surface area is 82.4 Å². The van der Waals surface area contributed by atoms with Gasteiger partial charge in [-0.15, -0.1) is 0 Å². The molecule has 26 valence electrons. The molecule has 0 rings (SSSR count). The molecule has 0 aromatic heterocycles. The molecule has 0 aliphatic heterocycles. The van der Waals surface area contributed by atoms with E-state index < -0.39 is 0 Å². The van der Waals surface area contributed by atoms with Gasteiger partial charge in [0.1, 0.15) is 0 Å². The van der Waals surface area contributed by atoms with Crippen molar-refractivity contribution in [2.75, 3.05) is 0 Å². The molecule has 1 nitrogen and oxygen atoms in total. The van der Waals surface area contributed by atoms with E-state index in [0.717, 1.165) is 0 Å². The van der Waals surface area contributed by atoms with Gasteiger partial charge in [0.25, 0.3) is 0 Å². The van der Waals surface area contributed by atoms with Crippen molar-refractivity contribution < 1.29 is 73.4 Å². The standard InChI is InChI=1S/H2OSi.Ti.W.Zr/c1-2;;;/h2H2;;;. The van der Waals surface area contributed by atoms with Gasteiger partial charge in [-0.25, -0.2) is 0 Å². The van der Waals surface area contributed by atoms with Crippen LogP contribution in [0, 0.1) is 0 Å². The molecule has 0 heterocycles. The van der Waals surface area contributed by atoms with Crippen molar-refractivity contribution in [3.8, 4) is 0 Å². The molecule has 5 heavy (non-hydrogen) atoms. The molecule has 0 unspecified atom stereocenters. The molecule has 0 amide bonds. The summed E-state index contributed by atoms with van der Waals surface area (Å²) in [7, 11) is 0.611. The molecule has 0 N–H and O–H groups in total. The Balaban J connectivity index is -0.00000000167. The predicted octanol–water partition coefficient (Wildman–Crippen LogP) is -1.04. The van der Waals surface area contributed by atoms with Gasteiger partial charge in [0, 0.05) is 69.0 Å². The van der Waals surface area contributed by atoms with E-state index in [1.807, 2.05) is 0 Å². The third kappa shape index (κ3) is 22.0. The average Bonchev–Trinajstić information content (AvgIpc) is 1.00. The summed E-state index contributed by atoms with van der Waals surface area (Å²) in [4.78, 5) is 0. The van der Waals surface area contributed by atoms with Gasteiger partial charge in [0.05, 0.1) is 0 Å². The minimum Gasteiger partial charge on any atom is -0.396 e. The largest absolute Gasteiger partial charge is 0.396 e. The van der Waals surface area contributed by atoms with Crippen molar-refractivity contribution in [3.05, 3.63) is 0 Å². The molecule has 0 aromatic rings. The molecule has 0 saturated heterocycles. The Morgan fingerprint density at radius 2 is 1.20 bits per heavy atom. The van der Waals surface area contributed by atoms with Crippen molar-refractivity contribution in [2.45, 2.75) is 0 Å². The molecule has 0 atom stereocenters. The first-order chi connectivity index (χ1) is 1.00. The summed E-state index contributed by atoms with van der Waals surface area (Å²) in [6.07, 6.45) is 0. The Morgan fingerprint density at radius 3 is 1.20 bits per heavy atom. The quantitative estimate of drug-likeness (QED) is 0.499. The predicted molar refractivity (Wildman–Crippen MR) is 9.23 cm³/mol. The summed E-state index contributed by atoms with van der Waals surface area (Å²) in [6, 6.07) is 0. The molecule has 0 bridgehead atoms. The Morgan fingerprint density at radius 1 is 1.20 bits per heavy atom. The Hall–Kier alpha value is 2.30. The molecular formula is H2OSiTiWZr. The minimum atomic E-state index is 0. The Bertz CT molecular complexity index is 11.6. The van der Waals surface area contributed by atoms with Crippen LogP contribution in [0.1, 0.15) is 0 Å². The zero-order valence-electron chi connectivity index (χ0n) is 2.52. The van der Waals surface area contributed by atoms with Crippen LogP contribution in [0.3, 0.4) is 0 Å². The van der Waals surface area contributed by atoms with Gasteiger partial charge < -0.3 is 4.46 Å². The Kier molecular flexibility index (Phi) is 178. The molecule has 0 saturated carbocycles. The molecule has 0 radical (unpaired) electrons. The van der Waals surface area contributed by atoms with E-state index >= 15 is 0 Å². The first-order valence-corrected chi connectivity index (χ1v) is 0.866. The zero-order valence-corrected chi connectivity index (χ0v) is 10.9. The fourth-order valence-electron chi connectivity index (χ4n) is 0. The third-order valence-corrected chi connectivity index (χ3v) is 0. The third-order valence-electron chi connectivity index (χ3n) is 0. The zero-order chi connectivity index (χ0) is 2.00. The maximum Gasteiger partial charge on any atom is 0.245 e. The summed E-state index contributed by atoms with van der Waals surface area (Å²) in [6.45, 7) is 0. The van der Waals surface area contributed by atoms with Crippen LogP contribution in [0.4, 0.5) is 0 Å². The van der Waals surface area contributed by atoms with Crippen LogP contribution < -0.4 is 0 Å². The molecule has 5 heteroatoms. The summed E-state index contributed by atoms with van der Waals surface area (Å²) >= 11 is 0. The van der Waals surface area contributed by atoms with Crippen molar-refractivity contribution in [1.82, 2.24) is 0 Å². The van der Waals surface area contributed by atoms with Crippen LogP contribution in [0.25, 0.3) is 0 Å². The van der Waals surface area contributed by atoms with Gasteiger partial charge in [-0.2, -0.15) is 0 Å². The first-order valence-electron chi connectivity index (χ1n) is 0.289. The van der Waals surface area contributed by atoms with E-state index in [2.05, 4.69) is 0 Å².